The summed E-state index contributed by atoms with van der Waals surface area (Å²) in [4.78, 5) is 4.84. The number of aliphatic hydroxyl groups is 1. The van der Waals surface area contributed by atoms with E-state index in [-0.39, 0.29) is 0 Å². The van der Waals surface area contributed by atoms with Crippen molar-refractivity contribution in [3.8, 4) is 5.75 Å². The van der Waals surface area contributed by atoms with Gasteiger partial charge in [-0.15, -0.1) is 0 Å². The van der Waals surface area contributed by atoms with E-state index in [0.717, 1.165) is 41.7 Å². The highest BCUT2D eigenvalue weighted by Crippen LogP contribution is 2.28. The van der Waals surface area contributed by atoms with Gasteiger partial charge in [0.25, 0.3) is 0 Å². The van der Waals surface area contributed by atoms with E-state index in [1.165, 1.54) is 22.3 Å². The van der Waals surface area contributed by atoms with Crippen LogP contribution in [0.3, 0.4) is 0 Å². The van der Waals surface area contributed by atoms with E-state index in [4.69, 9.17) is 9.72 Å². The number of hydrogen-bond acceptors (Lipinski definition) is 3. The van der Waals surface area contributed by atoms with Crippen LogP contribution >= 0.6 is 0 Å². The summed E-state index contributed by atoms with van der Waals surface area (Å²) in [5.41, 5.74) is 7.84. The molecule has 0 amide bonds. The molecule has 4 rings (SSSR count). The van der Waals surface area contributed by atoms with E-state index < -0.39 is 6.10 Å². The van der Waals surface area contributed by atoms with Crippen LogP contribution in [0.2, 0.25) is 0 Å². The molecular weight excluding hydrogens is 396 g/mol. The second kappa shape index (κ2) is 9.58. The molecular formula is C28H32N2O2. The number of imidazole rings is 1. The minimum Gasteiger partial charge on any atom is -0.494 e. The van der Waals surface area contributed by atoms with E-state index >= 15 is 0 Å². The van der Waals surface area contributed by atoms with Crippen LogP contribution in [0.1, 0.15) is 52.6 Å². The van der Waals surface area contributed by atoms with Crippen molar-refractivity contribution in [2.24, 2.45) is 0 Å². The zero-order chi connectivity index (χ0) is 22.7. The van der Waals surface area contributed by atoms with Gasteiger partial charge < -0.3 is 14.4 Å². The van der Waals surface area contributed by atoms with Crippen LogP contribution in [0.25, 0.3) is 11.0 Å². The molecule has 0 saturated carbocycles. The Morgan fingerprint density at radius 1 is 0.844 bits per heavy atom. The van der Waals surface area contributed by atoms with Gasteiger partial charge in [-0.3, -0.25) is 0 Å². The first-order chi connectivity index (χ1) is 15.4. The summed E-state index contributed by atoms with van der Waals surface area (Å²) in [5, 5.41) is 11.1. The third-order valence-electron chi connectivity index (χ3n) is 6.28. The smallest absolute Gasteiger partial charge is 0.143 e. The molecule has 4 heteroatoms. The van der Waals surface area contributed by atoms with Crippen LogP contribution in [0.5, 0.6) is 5.75 Å². The average molecular weight is 429 g/mol. The molecule has 3 aromatic carbocycles. The first-order valence-electron chi connectivity index (χ1n) is 11.3. The Balaban J connectivity index is 1.51. The van der Waals surface area contributed by atoms with Crippen molar-refractivity contribution in [3.05, 3.63) is 94.3 Å². The maximum absolute atomic E-state index is 11.1. The number of ether oxygens (including phenoxy) is 1. The number of rotatable bonds is 8. The van der Waals surface area contributed by atoms with Gasteiger partial charge in [0.2, 0.25) is 0 Å². The van der Waals surface area contributed by atoms with Crippen molar-refractivity contribution < 1.29 is 9.84 Å². The van der Waals surface area contributed by atoms with E-state index in [1.54, 1.807) is 0 Å². The number of benzene rings is 3. The molecule has 0 bridgehead atoms. The predicted octanol–water partition coefficient (Wildman–Crippen LogP) is 6.21. The normalized spacial score (nSPS) is 12.3. The number of nitrogens with zero attached hydrogens (tertiary/aromatic N) is 2. The fourth-order valence-corrected chi connectivity index (χ4v) is 3.99. The van der Waals surface area contributed by atoms with Crippen LogP contribution < -0.4 is 4.74 Å². The maximum Gasteiger partial charge on any atom is 0.143 e. The van der Waals surface area contributed by atoms with Gasteiger partial charge in [-0.2, -0.15) is 0 Å². The molecule has 0 spiro atoms. The maximum atomic E-state index is 11.1. The fourth-order valence-electron chi connectivity index (χ4n) is 3.99. The zero-order valence-corrected chi connectivity index (χ0v) is 19.4. The van der Waals surface area contributed by atoms with Gasteiger partial charge in [0, 0.05) is 6.54 Å². The average Bonchev–Trinajstić information content (AvgIpc) is 3.13. The first-order valence-corrected chi connectivity index (χ1v) is 11.3. The lowest BCUT2D eigenvalue weighted by Gasteiger charge is -2.15. The predicted molar refractivity (Wildman–Crippen MR) is 130 cm³/mol. The number of hydrogen-bond donors (Lipinski definition) is 1. The molecule has 1 heterocycles. The molecule has 1 atom stereocenters. The largest absolute Gasteiger partial charge is 0.494 e. The van der Waals surface area contributed by atoms with Crippen LogP contribution in [-0.2, 0) is 6.54 Å². The quantitative estimate of drug-likeness (QED) is 0.339. The molecule has 0 saturated heterocycles. The summed E-state index contributed by atoms with van der Waals surface area (Å²) in [6, 6.07) is 20.3. The highest BCUT2D eigenvalue weighted by molar-refractivity contribution is 5.78. The molecule has 0 fully saturated rings. The third kappa shape index (κ3) is 4.71. The molecule has 4 aromatic rings. The monoisotopic (exact) mass is 428 g/mol. The molecule has 0 aliphatic carbocycles. The summed E-state index contributed by atoms with van der Waals surface area (Å²) >= 11 is 0. The standard InChI is InChI=1S/C28H32N2O2/c1-19-12-13-24(16-20(19)2)32-15-9-8-14-30-26-18-22(4)21(3)17-25(26)29-28(30)27(31)23-10-6-5-7-11-23/h5-7,10-13,16-18,27,31H,8-9,14-15H2,1-4H3. The second-order valence-corrected chi connectivity index (χ2v) is 8.66. The van der Waals surface area contributed by atoms with Crippen LogP contribution in [0.15, 0.2) is 60.7 Å². The Labute approximate surface area is 190 Å². The molecule has 166 valence electrons. The SMILES string of the molecule is Cc1ccc(OCCCCn2c(C(O)c3ccccc3)nc3cc(C)c(C)cc32)cc1C. The Bertz CT molecular complexity index is 1210. The molecule has 0 radical (unpaired) electrons. The molecule has 32 heavy (non-hydrogen) atoms. The van der Waals surface area contributed by atoms with E-state index in [9.17, 15) is 5.11 Å². The summed E-state index contributed by atoms with van der Waals surface area (Å²) in [6.45, 7) is 9.90. The molecule has 1 aromatic heterocycles. The Morgan fingerprint density at radius 2 is 1.56 bits per heavy atom. The van der Waals surface area contributed by atoms with Crippen molar-refractivity contribution in [2.75, 3.05) is 6.61 Å². The molecule has 0 aliphatic heterocycles. The minimum atomic E-state index is -0.754. The number of unbranched alkanes of at least 4 members (excludes halogenated alkanes) is 1. The van der Waals surface area contributed by atoms with Gasteiger partial charge in [-0.05, 0) is 92.6 Å². The van der Waals surface area contributed by atoms with E-state index in [1.807, 2.05) is 36.4 Å². The summed E-state index contributed by atoms with van der Waals surface area (Å²) in [6.07, 6.45) is 1.12. The van der Waals surface area contributed by atoms with Crippen molar-refractivity contribution in [1.82, 2.24) is 9.55 Å². The second-order valence-electron chi connectivity index (χ2n) is 8.66. The van der Waals surface area contributed by atoms with Crippen molar-refractivity contribution >= 4 is 11.0 Å². The first kappa shape index (κ1) is 22.1. The minimum absolute atomic E-state index is 0.670. The summed E-state index contributed by atoms with van der Waals surface area (Å²) in [7, 11) is 0. The van der Waals surface area contributed by atoms with Gasteiger partial charge >= 0.3 is 0 Å². The molecule has 0 aliphatic rings. The number of aromatic nitrogens is 2. The zero-order valence-electron chi connectivity index (χ0n) is 19.4. The van der Waals surface area contributed by atoms with Crippen LogP contribution in [-0.4, -0.2) is 21.3 Å². The fraction of sp³-hybridized carbons (Fsp3) is 0.321. The lowest BCUT2D eigenvalue weighted by atomic mass is 10.1. The van der Waals surface area contributed by atoms with E-state index in [0.29, 0.717) is 12.4 Å². The van der Waals surface area contributed by atoms with E-state index in [2.05, 4.69) is 56.5 Å². The van der Waals surface area contributed by atoms with Gasteiger partial charge in [-0.25, -0.2) is 4.98 Å². The highest BCUT2D eigenvalue weighted by Gasteiger charge is 2.20. The third-order valence-corrected chi connectivity index (χ3v) is 6.28. The van der Waals surface area contributed by atoms with Crippen molar-refractivity contribution in [2.45, 2.75) is 53.2 Å². The molecule has 1 N–H and O–H groups in total. The van der Waals surface area contributed by atoms with Gasteiger partial charge in [0.15, 0.2) is 0 Å². The van der Waals surface area contributed by atoms with Gasteiger partial charge in [0.05, 0.1) is 17.6 Å². The molecule has 1 unspecified atom stereocenters. The van der Waals surface area contributed by atoms with Crippen molar-refractivity contribution in [3.63, 3.8) is 0 Å². The lowest BCUT2D eigenvalue weighted by molar-refractivity contribution is 0.204. The number of aryl methyl sites for hydroxylation is 5. The number of aliphatic hydroxyl groups excluding tert-OH is 1. The van der Waals surface area contributed by atoms with Crippen LogP contribution in [0.4, 0.5) is 0 Å². The van der Waals surface area contributed by atoms with Crippen molar-refractivity contribution in [1.29, 1.82) is 0 Å². The lowest BCUT2D eigenvalue weighted by Crippen LogP contribution is -2.11. The van der Waals surface area contributed by atoms with Gasteiger partial charge in [0.1, 0.15) is 17.7 Å². The van der Waals surface area contributed by atoms with Crippen LogP contribution in [0, 0.1) is 27.7 Å². The Kier molecular flexibility index (Phi) is 6.61. The highest BCUT2D eigenvalue weighted by atomic mass is 16.5. The Hall–Kier alpha value is -3.11. The summed E-state index contributed by atoms with van der Waals surface area (Å²) in [5.74, 6) is 1.62. The summed E-state index contributed by atoms with van der Waals surface area (Å²) < 4.78 is 8.13. The number of fused-ring (bicyclic) bond motifs is 1. The topological polar surface area (TPSA) is 47.3 Å². The molecule has 4 nitrogen and oxygen atoms in total. The Morgan fingerprint density at radius 3 is 2.31 bits per heavy atom. The van der Waals surface area contributed by atoms with Gasteiger partial charge in [-0.1, -0.05) is 36.4 Å².